The molecular weight excluding hydrogens is 408 g/mol. The van der Waals surface area contributed by atoms with Crippen molar-refractivity contribution in [1.82, 2.24) is 5.32 Å². The van der Waals surface area contributed by atoms with Gasteiger partial charge in [-0.2, -0.15) is 0 Å². The molecular formula is C13H16Br2N2O4. The number of likely N-dealkylation sites (N-methyl/N-ethyl adjacent to an activating group) is 1. The van der Waals surface area contributed by atoms with Crippen LogP contribution in [0, 0.1) is 10.1 Å². The molecule has 0 saturated heterocycles. The molecule has 0 bridgehead atoms. The third kappa shape index (κ3) is 3.56. The molecule has 0 radical (unpaired) electrons. The first-order chi connectivity index (χ1) is 9.97. The van der Waals surface area contributed by atoms with E-state index in [1.165, 1.54) is 12.1 Å². The number of nitro benzene ring substituents is 1. The molecule has 3 atom stereocenters. The molecule has 116 valence electrons. The number of rotatable bonds is 6. The van der Waals surface area contributed by atoms with E-state index in [-0.39, 0.29) is 23.9 Å². The highest BCUT2D eigenvalue weighted by Crippen LogP contribution is 2.40. The Morgan fingerprint density at radius 2 is 2.05 bits per heavy atom. The highest BCUT2D eigenvalue weighted by molar-refractivity contribution is 9.11. The highest BCUT2D eigenvalue weighted by atomic mass is 79.9. The fourth-order valence-electron chi connectivity index (χ4n) is 2.39. The van der Waals surface area contributed by atoms with E-state index >= 15 is 0 Å². The van der Waals surface area contributed by atoms with Crippen LogP contribution in [0.25, 0.3) is 0 Å². The van der Waals surface area contributed by atoms with Gasteiger partial charge in [-0.3, -0.25) is 10.1 Å². The lowest BCUT2D eigenvalue weighted by Crippen LogP contribution is -2.60. The molecule has 6 nitrogen and oxygen atoms in total. The summed E-state index contributed by atoms with van der Waals surface area (Å²) in [6, 6.07) is 3.14. The zero-order chi connectivity index (χ0) is 15.6. The number of methoxy groups -OCH3 is 1. The van der Waals surface area contributed by atoms with E-state index in [2.05, 4.69) is 37.2 Å². The van der Waals surface area contributed by atoms with Crippen LogP contribution in [0.1, 0.15) is 13.3 Å². The minimum Gasteiger partial charge on any atom is -0.485 e. The summed E-state index contributed by atoms with van der Waals surface area (Å²) >= 11 is 6.64. The molecule has 0 aliphatic heterocycles. The molecule has 1 N–H and O–H groups in total. The van der Waals surface area contributed by atoms with E-state index in [0.29, 0.717) is 14.7 Å². The second kappa shape index (κ2) is 7.04. The van der Waals surface area contributed by atoms with Crippen LogP contribution >= 0.6 is 31.9 Å². The molecule has 1 aliphatic carbocycles. The Morgan fingerprint density at radius 3 is 2.52 bits per heavy atom. The molecule has 1 saturated carbocycles. The molecule has 3 unspecified atom stereocenters. The van der Waals surface area contributed by atoms with Crippen LogP contribution < -0.4 is 10.1 Å². The van der Waals surface area contributed by atoms with Gasteiger partial charge in [0.2, 0.25) is 0 Å². The number of nitrogens with zero attached hydrogens (tertiary/aromatic N) is 1. The van der Waals surface area contributed by atoms with Gasteiger partial charge in [0, 0.05) is 31.7 Å². The first-order valence-electron chi connectivity index (χ1n) is 6.54. The maximum atomic E-state index is 10.8. The van der Waals surface area contributed by atoms with Crippen LogP contribution in [0.3, 0.4) is 0 Å². The monoisotopic (exact) mass is 422 g/mol. The summed E-state index contributed by atoms with van der Waals surface area (Å²) in [6.45, 7) is 2.92. The molecule has 8 heteroatoms. The van der Waals surface area contributed by atoms with Crippen molar-refractivity contribution in [1.29, 1.82) is 0 Å². The Kier molecular flexibility index (Phi) is 5.59. The Hall–Kier alpha value is -0.700. The van der Waals surface area contributed by atoms with E-state index in [9.17, 15) is 10.1 Å². The maximum Gasteiger partial charge on any atom is 0.271 e. The van der Waals surface area contributed by atoms with Crippen LogP contribution in [0.4, 0.5) is 5.69 Å². The topological polar surface area (TPSA) is 73.6 Å². The number of nitrogens with one attached hydrogen (secondary N) is 1. The Bertz CT molecular complexity index is 518. The van der Waals surface area contributed by atoms with Gasteiger partial charge in [0.15, 0.2) is 0 Å². The predicted octanol–water partition coefficient (Wildman–Crippen LogP) is 3.26. The summed E-state index contributed by atoms with van der Waals surface area (Å²) in [5, 5.41) is 14.1. The first-order valence-corrected chi connectivity index (χ1v) is 8.12. The SMILES string of the molecule is CCNC1CC(Oc2c(Br)cc([N+](=O)[O-])cc2Br)C1OC. The minimum atomic E-state index is -0.443. The fraction of sp³-hybridized carbons (Fsp3) is 0.538. The van der Waals surface area contributed by atoms with Gasteiger partial charge >= 0.3 is 0 Å². The summed E-state index contributed by atoms with van der Waals surface area (Å²) in [7, 11) is 1.66. The van der Waals surface area contributed by atoms with Gasteiger partial charge in [0.1, 0.15) is 18.0 Å². The van der Waals surface area contributed by atoms with Crippen LogP contribution in [0.5, 0.6) is 5.75 Å². The maximum absolute atomic E-state index is 10.8. The Labute approximate surface area is 139 Å². The van der Waals surface area contributed by atoms with Gasteiger partial charge in [-0.1, -0.05) is 6.92 Å². The van der Waals surface area contributed by atoms with Gasteiger partial charge in [-0.25, -0.2) is 0 Å². The summed E-state index contributed by atoms with van der Waals surface area (Å²) in [6.07, 6.45) is 0.731. The summed E-state index contributed by atoms with van der Waals surface area (Å²) in [4.78, 5) is 10.4. The predicted molar refractivity (Wildman–Crippen MR) is 85.8 cm³/mol. The number of benzene rings is 1. The molecule has 0 spiro atoms. The van der Waals surface area contributed by atoms with Crippen molar-refractivity contribution in [3.8, 4) is 5.75 Å². The Morgan fingerprint density at radius 1 is 1.43 bits per heavy atom. The summed E-state index contributed by atoms with van der Waals surface area (Å²) in [5.41, 5.74) is 0.00327. The highest BCUT2D eigenvalue weighted by Gasteiger charge is 2.43. The molecule has 0 amide bonds. The van der Waals surface area contributed by atoms with E-state index < -0.39 is 4.92 Å². The molecule has 1 aromatic carbocycles. The molecule has 1 aromatic rings. The lowest BCUT2D eigenvalue weighted by molar-refractivity contribution is -0.385. The zero-order valence-corrected chi connectivity index (χ0v) is 14.8. The van der Waals surface area contributed by atoms with E-state index in [0.717, 1.165) is 13.0 Å². The normalized spacial score (nSPS) is 24.5. The summed E-state index contributed by atoms with van der Waals surface area (Å²) in [5.74, 6) is 0.558. The van der Waals surface area contributed by atoms with Crippen LogP contribution in [-0.4, -0.2) is 36.8 Å². The molecule has 21 heavy (non-hydrogen) atoms. The standard InChI is InChI=1S/C13H16Br2N2O4/c1-3-16-10-6-11(13(10)20-2)21-12-8(14)4-7(17(18)19)5-9(12)15/h4-5,10-11,13,16H,3,6H2,1-2H3. The number of hydrogen-bond acceptors (Lipinski definition) is 5. The molecule has 1 aliphatic rings. The van der Waals surface area contributed by atoms with Crippen molar-refractivity contribution in [2.45, 2.75) is 31.6 Å². The average molecular weight is 424 g/mol. The largest absolute Gasteiger partial charge is 0.485 e. The van der Waals surface area contributed by atoms with E-state index in [1.54, 1.807) is 7.11 Å². The molecule has 0 aromatic heterocycles. The van der Waals surface area contributed by atoms with E-state index in [1.807, 2.05) is 6.92 Å². The first kappa shape index (κ1) is 16.7. The van der Waals surface area contributed by atoms with E-state index in [4.69, 9.17) is 9.47 Å². The smallest absolute Gasteiger partial charge is 0.271 e. The lowest BCUT2D eigenvalue weighted by Gasteiger charge is -2.43. The number of nitro groups is 1. The number of hydrogen-bond donors (Lipinski definition) is 1. The van der Waals surface area contributed by atoms with Gasteiger partial charge in [0.25, 0.3) is 5.69 Å². The van der Waals surface area contributed by atoms with Crippen LogP contribution in [-0.2, 0) is 4.74 Å². The van der Waals surface area contributed by atoms with Crippen molar-refractivity contribution >= 4 is 37.5 Å². The Balaban J connectivity index is 2.12. The molecule has 2 rings (SSSR count). The second-order valence-corrected chi connectivity index (χ2v) is 6.46. The third-order valence-corrected chi connectivity index (χ3v) is 4.63. The summed E-state index contributed by atoms with van der Waals surface area (Å²) < 4.78 is 12.5. The fourth-order valence-corrected chi connectivity index (χ4v) is 3.74. The van der Waals surface area contributed by atoms with Gasteiger partial charge < -0.3 is 14.8 Å². The van der Waals surface area contributed by atoms with Crippen LogP contribution in [0.2, 0.25) is 0 Å². The van der Waals surface area contributed by atoms with Crippen molar-refractivity contribution in [2.24, 2.45) is 0 Å². The number of ether oxygens (including phenoxy) is 2. The van der Waals surface area contributed by atoms with Crippen molar-refractivity contribution in [2.75, 3.05) is 13.7 Å². The van der Waals surface area contributed by atoms with Gasteiger partial charge in [-0.15, -0.1) is 0 Å². The second-order valence-electron chi connectivity index (χ2n) is 4.75. The minimum absolute atomic E-state index is 0.00327. The lowest BCUT2D eigenvalue weighted by atomic mass is 9.85. The quantitative estimate of drug-likeness (QED) is 0.561. The van der Waals surface area contributed by atoms with Gasteiger partial charge in [0.05, 0.1) is 13.9 Å². The number of non-ortho nitro benzene ring substituents is 1. The van der Waals surface area contributed by atoms with Crippen molar-refractivity contribution < 1.29 is 14.4 Å². The number of halogens is 2. The average Bonchev–Trinajstić information content (AvgIpc) is 2.40. The van der Waals surface area contributed by atoms with Crippen molar-refractivity contribution in [3.05, 3.63) is 31.2 Å². The molecule has 0 heterocycles. The third-order valence-electron chi connectivity index (χ3n) is 3.45. The zero-order valence-electron chi connectivity index (χ0n) is 11.6. The van der Waals surface area contributed by atoms with Crippen LogP contribution in [0.15, 0.2) is 21.1 Å². The van der Waals surface area contributed by atoms with Crippen molar-refractivity contribution in [3.63, 3.8) is 0 Å². The molecule has 1 fully saturated rings. The van der Waals surface area contributed by atoms with Gasteiger partial charge in [-0.05, 0) is 38.4 Å².